The maximum absolute atomic E-state index is 13.0. The van der Waals surface area contributed by atoms with E-state index in [1.165, 1.54) is 0 Å². The average molecular weight is 476 g/mol. The van der Waals surface area contributed by atoms with Crippen molar-refractivity contribution in [3.05, 3.63) is 54.1 Å². The predicted molar refractivity (Wildman–Crippen MR) is 133 cm³/mol. The van der Waals surface area contributed by atoms with Gasteiger partial charge in [-0.05, 0) is 59.2 Å². The molecule has 0 saturated heterocycles. The van der Waals surface area contributed by atoms with Crippen molar-refractivity contribution in [2.45, 2.75) is 64.8 Å². The normalized spacial score (nSPS) is 14.7. The van der Waals surface area contributed by atoms with Crippen LogP contribution in [0.4, 0.5) is 0 Å². The highest BCUT2D eigenvalue weighted by Crippen LogP contribution is 2.42. The molecule has 2 N–H and O–H groups in total. The Morgan fingerprint density at radius 3 is 2.40 bits per heavy atom. The van der Waals surface area contributed by atoms with Gasteiger partial charge in [0, 0.05) is 25.1 Å². The fourth-order valence-electron chi connectivity index (χ4n) is 5.15. The molecule has 0 spiro atoms. The fourth-order valence-corrected chi connectivity index (χ4v) is 5.15. The first-order chi connectivity index (χ1) is 17.0. The molecule has 184 valence electrons. The Hall–Kier alpha value is -3.55. The zero-order valence-corrected chi connectivity index (χ0v) is 20.2. The van der Waals surface area contributed by atoms with Crippen molar-refractivity contribution in [1.82, 2.24) is 25.5 Å². The first-order valence-corrected chi connectivity index (χ1v) is 12.5. The molecule has 1 aromatic heterocycles. The first-order valence-electron chi connectivity index (χ1n) is 12.5. The molecule has 0 atom stereocenters. The number of aromatic nitrogens is 4. The molecule has 35 heavy (non-hydrogen) atoms. The molecule has 2 aromatic carbocycles. The third kappa shape index (κ3) is 5.75. The van der Waals surface area contributed by atoms with Crippen molar-refractivity contribution in [2.75, 3.05) is 6.54 Å². The molecule has 1 fully saturated rings. The molecule has 1 aliphatic carbocycles. The summed E-state index contributed by atoms with van der Waals surface area (Å²) in [7, 11) is 0. The summed E-state index contributed by atoms with van der Waals surface area (Å²) in [5, 5.41) is 23.9. The van der Waals surface area contributed by atoms with Crippen molar-refractivity contribution in [3.63, 3.8) is 0 Å². The third-order valence-corrected chi connectivity index (χ3v) is 7.07. The Kier molecular flexibility index (Phi) is 7.90. The minimum atomic E-state index is -0.700. The summed E-state index contributed by atoms with van der Waals surface area (Å²) in [6.45, 7) is 3.30. The van der Waals surface area contributed by atoms with E-state index in [4.69, 9.17) is 0 Å². The molecular weight excluding hydrogens is 442 g/mol. The first kappa shape index (κ1) is 24.6. The van der Waals surface area contributed by atoms with Gasteiger partial charge in [-0.15, -0.1) is 5.10 Å². The standard InChI is InChI=1S/C27H33N5O3/c1-2-18-32(24(33)10-7-17-27(26(34)35)15-5-6-16-27)19-20-11-13-21(14-12-20)22-8-3-4-9-23(22)25-28-30-31-29-25/h3-4,8-9,11-14H,2,5-7,10,15-19H2,1H3,(H,34,35)(H,28,29,30,31). The van der Waals surface area contributed by atoms with Gasteiger partial charge in [0.1, 0.15) is 0 Å². The molecule has 8 heteroatoms. The maximum atomic E-state index is 13.0. The van der Waals surface area contributed by atoms with Gasteiger partial charge in [-0.2, -0.15) is 0 Å². The Labute approximate surface area is 205 Å². The highest BCUT2D eigenvalue weighted by atomic mass is 16.4. The second-order valence-electron chi connectivity index (χ2n) is 9.45. The van der Waals surface area contributed by atoms with E-state index in [0.717, 1.165) is 54.4 Å². The van der Waals surface area contributed by atoms with Gasteiger partial charge in [-0.25, -0.2) is 5.10 Å². The summed E-state index contributed by atoms with van der Waals surface area (Å²) in [4.78, 5) is 26.7. The monoisotopic (exact) mass is 475 g/mol. The zero-order valence-electron chi connectivity index (χ0n) is 20.2. The fraction of sp³-hybridized carbons (Fsp3) is 0.444. The number of benzene rings is 2. The van der Waals surface area contributed by atoms with Crippen LogP contribution in [0.3, 0.4) is 0 Å². The van der Waals surface area contributed by atoms with Crippen LogP contribution in [0, 0.1) is 5.41 Å². The Morgan fingerprint density at radius 2 is 1.77 bits per heavy atom. The summed E-state index contributed by atoms with van der Waals surface area (Å²) in [5.41, 5.74) is 3.44. The van der Waals surface area contributed by atoms with Gasteiger partial charge in [-0.1, -0.05) is 68.3 Å². The lowest BCUT2D eigenvalue weighted by atomic mass is 9.81. The summed E-state index contributed by atoms with van der Waals surface area (Å²) in [6, 6.07) is 16.2. The molecule has 1 saturated carbocycles. The number of nitrogens with zero attached hydrogens (tertiary/aromatic N) is 4. The van der Waals surface area contributed by atoms with Crippen molar-refractivity contribution >= 4 is 11.9 Å². The molecular formula is C27H33N5O3. The molecule has 0 radical (unpaired) electrons. The lowest BCUT2D eigenvalue weighted by Gasteiger charge is -2.25. The van der Waals surface area contributed by atoms with Crippen LogP contribution in [0.15, 0.2) is 48.5 Å². The quantitative estimate of drug-likeness (QED) is 0.400. The zero-order chi connectivity index (χ0) is 24.7. The number of hydrogen-bond donors (Lipinski definition) is 2. The van der Waals surface area contributed by atoms with E-state index in [-0.39, 0.29) is 5.91 Å². The third-order valence-electron chi connectivity index (χ3n) is 7.07. The second-order valence-corrected chi connectivity index (χ2v) is 9.45. The van der Waals surface area contributed by atoms with Crippen LogP contribution in [0.2, 0.25) is 0 Å². The van der Waals surface area contributed by atoms with Crippen LogP contribution in [0.1, 0.15) is 63.9 Å². The Morgan fingerprint density at radius 1 is 1.06 bits per heavy atom. The van der Waals surface area contributed by atoms with E-state index < -0.39 is 11.4 Å². The summed E-state index contributed by atoms with van der Waals surface area (Å²) < 4.78 is 0. The van der Waals surface area contributed by atoms with Crippen molar-refractivity contribution in [2.24, 2.45) is 5.41 Å². The molecule has 8 nitrogen and oxygen atoms in total. The number of amides is 1. The topological polar surface area (TPSA) is 112 Å². The Balaban J connectivity index is 1.40. The molecule has 4 rings (SSSR count). The van der Waals surface area contributed by atoms with Gasteiger partial charge in [0.2, 0.25) is 5.91 Å². The number of aliphatic carboxylic acids is 1. The minimum Gasteiger partial charge on any atom is -0.481 e. The SMILES string of the molecule is CCCN(Cc1ccc(-c2ccccc2-c2nnn[nH]2)cc1)C(=O)CCCC1(C(=O)O)CCCC1. The number of carbonyl (C=O) groups is 2. The number of carboxylic acids is 1. The minimum absolute atomic E-state index is 0.0950. The van der Waals surface area contributed by atoms with Crippen molar-refractivity contribution < 1.29 is 14.7 Å². The van der Waals surface area contributed by atoms with E-state index >= 15 is 0 Å². The molecule has 1 heterocycles. The number of H-pyrrole nitrogens is 1. The van der Waals surface area contributed by atoms with Gasteiger partial charge >= 0.3 is 5.97 Å². The van der Waals surface area contributed by atoms with Crippen LogP contribution < -0.4 is 0 Å². The number of aromatic amines is 1. The van der Waals surface area contributed by atoms with E-state index in [1.807, 2.05) is 29.2 Å². The largest absolute Gasteiger partial charge is 0.481 e. The van der Waals surface area contributed by atoms with E-state index in [9.17, 15) is 14.7 Å². The molecule has 1 aliphatic rings. The number of rotatable bonds is 11. The predicted octanol–water partition coefficient (Wildman–Crippen LogP) is 5.09. The molecule has 1 amide bonds. The number of carboxylic acid groups (broad SMARTS) is 1. The number of nitrogens with one attached hydrogen (secondary N) is 1. The molecule has 0 aliphatic heterocycles. The lowest BCUT2D eigenvalue weighted by Crippen LogP contribution is -2.32. The number of carbonyl (C=O) groups excluding carboxylic acids is 1. The van der Waals surface area contributed by atoms with Gasteiger partial charge < -0.3 is 10.0 Å². The van der Waals surface area contributed by atoms with E-state index in [1.54, 1.807) is 0 Å². The van der Waals surface area contributed by atoms with Crippen LogP contribution in [-0.2, 0) is 16.1 Å². The average Bonchev–Trinajstić information content (AvgIpc) is 3.58. The number of tetrazole rings is 1. The number of hydrogen-bond acceptors (Lipinski definition) is 5. The van der Waals surface area contributed by atoms with Crippen LogP contribution in [-0.4, -0.2) is 49.1 Å². The molecule has 0 bridgehead atoms. The summed E-state index contributed by atoms with van der Waals surface area (Å²) in [5.74, 6) is 0.0124. The van der Waals surface area contributed by atoms with Gasteiger partial charge in [-0.3, -0.25) is 9.59 Å². The highest BCUT2D eigenvalue weighted by Gasteiger charge is 2.40. The maximum Gasteiger partial charge on any atom is 0.309 e. The van der Waals surface area contributed by atoms with Gasteiger partial charge in [0.05, 0.1) is 5.41 Å². The van der Waals surface area contributed by atoms with E-state index in [0.29, 0.717) is 38.2 Å². The Bertz CT molecular complexity index is 1120. The van der Waals surface area contributed by atoms with Crippen LogP contribution in [0.5, 0.6) is 0 Å². The summed E-state index contributed by atoms with van der Waals surface area (Å²) >= 11 is 0. The summed E-state index contributed by atoms with van der Waals surface area (Å²) in [6.07, 6.45) is 5.89. The molecule has 3 aromatic rings. The second kappa shape index (κ2) is 11.3. The van der Waals surface area contributed by atoms with Gasteiger partial charge in [0.15, 0.2) is 5.82 Å². The highest BCUT2D eigenvalue weighted by molar-refractivity contribution is 5.80. The van der Waals surface area contributed by atoms with Crippen molar-refractivity contribution in [3.8, 4) is 22.5 Å². The van der Waals surface area contributed by atoms with Gasteiger partial charge in [0.25, 0.3) is 0 Å². The van der Waals surface area contributed by atoms with Crippen molar-refractivity contribution in [1.29, 1.82) is 0 Å². The van der Waals surface area contributed by atoms with E-state index in [2.05, 4.69) is 51.8 Å². The van der Waals surface area contributed by atoms with Crippen LogP contribution >= 0.6 is 0 Å². The molecule has 0 unspecified atom stereocenters. The smallest absolute Gasteiger partial charge is 0.309 e. The van der Waals surface area contributed by atoms with Crippen LogP contribution in [0.25, 0.3) is 22.5 Å². The lowest BCUT2D eigenvalue weighted by molar-refractivity contribution is -0.149.